The number of rotatable bonds is 3. The molecule has 3 aromatic rings. The van der Waals surface area contributed by atoms with Crippen LogP contribution >= 0.6 is 0 Å². The van der Waals surface area contributed by atoms with Crippen molar-refractivity contribution in [3.8, 4) is 11.1 Å². The zero-order valence-electron chi connectivity index (χ0n) is 13.6. The molecule has 2 aromatic carbocycles. The molecule has 0 saturated carbocycles. The number of fused-ring (bicyclic) bond motifs is 1. The number of aromatic nitrogens is 1. The lowest BCUT2D eigenvalue weighted by Gasteiger charge is -2.26. The third kappa shape index (κ3) is 3.03. The molecule has 4 rings (SSSR count). The summed E-state index contributed by atoms with van der Waals surface area (Å²) in [4.78, 5) is 4.52. The van der Waals surface area contributed by atoms with Gasteiger partial charge >= 0.3 is 0 Å². The molecule has 0 spiro atoms. The topological polar surface area (TPSA) is 50.9 Å². The van der Waals surface area contributed by atoms with Crippen molar-refractivity contribution in [1.29, 1.82) is 0 Å². The number of pyridine rings is 1. The van der Waals surface area contributed by atoms with Crippen molar-refractivity contribution in [1.82, 2.24) is 10.3 Å². The normalized spacial score (nSPS) is 16.6. The predicted octanol–water partition coefficient (Wildman–Crippen LogP) is 3.76. The van der Waals surface area contributed by atoms with Crippen molar-refractivity contribution in [2.45, 2.75) is 18.9 Å². The van der Waals surface area contributed by atoms with Gasteiger partial charge in [0.15, 0.2) is 0 Å². The van der Waals surface area contributed by atoms with Crippen molar-refractivity contribution in [2.75, 3.05) is 12.3 Å². The summed E-state index contributed by atoms with van der Waals surface area (Å²) < 4.78 is 0. The molecule has 1 aromatic heterocycles. The van der Waals surface area contributed by atoms with E-state index in [9.17, 15) is 0 Å². The summed E-state index contributed by atoms with van der Waals surface area (Å²) in [6.07, 6.45) is 3.89. The Hall–Kier alpha value is -2.65. The molecule has 2 heterocycles. The van der Waals surface area contributed by atoms with E-state index >= 15 is 0 Å². The number of nitrogens with one attached hydrogen (secondary N) is 1. The highest BCUT2D eigenvalue weighted by molar-refractivity contribution is 5.65. The van der Waals surface area contributed by atoms with Gasteiger partial charge in [0, 0.05) is 36.6 Å². The predicted molar refractivity (Wildman–Crippen MR) is 98.7 cm³/mol. The highest BCUT2D eigenvalue weighted by atomic mass is 14.9. The van der Waals surface area contributed by atoms with Crippen LogP contribution in [0.4, 0.5) is 5.69 Å². The maximum atomic E-state index is 5.76. The van der Waals surface area contributed by atoms with Crippen LogP contribution in [-0.2, 0) is 12.8 Å². The first kappa shape index (κ1) is 14.9. The summed E-state index contributed by atoms with van der Waals surface area (Å²) in [5, 5.41) is 3.62. The minimum atomic E-state index is 0.352. The quantitative estimate of drug-likeness (QED) is 0.724. The van der Waals surface area contributed by atoms with E-state index in [1.807, 2.05) is 24.4 Å². The van der Waals surface area contributed by atoms with E-state index in [4.69, 9.17) is 5.73 Å². The lowest BCUT2D eigenvalue weighted by atomic mass is 9.93. The van der Waals surface area contributed by atoms with Crippen molar-refractivity contribution < 1.29 is 0 Å². The fourth-order valence-electron chi connectivity index (χ4n) is 3.38. The van der Waals surface area contributed by atoms with E-state index in [0.717, 1.165) is 25.1 Å². The maximum absolute atomic E-state index is 5.76. The average molecular weight is 315 g/mol. The van der Waals surface area contributed by atoms with E-state index in [-0.39, 0.29) is 0 Å². The highest BCUT2D eigenvalue weighted by Crippen LogP contribution is 2.26. The molecular weight excluding hydrogens is 294 g/mol. The van der Waals surface area contributed by atoms with Gasteiger partial charge < -0.3 is 11.1 Å². The molecule has 0 radical (unpaired) electrons. The number of hydrogen-bond donors (Lipinski definition) is 2. The first-order valence-corrected chi connectivity index (χ1v) is 8.41. The van der Waals surface area contributed by atoms with Crippen LogP contribution in [0.1, 0.15) is 22.9 Å². The minimum absolute atomic E-state index is 0.352. The van der Waals surface area contributed by atoms with Crippen LogP contribution in [0.25, 0.3) is 11.1 Å². The maximum Gasteiger partial charge on any atom is 0.0464 e. The summed E-state index contributed by atoms with van der Waals surface area (Å²) in [5.74, 6) is 0. The first-order chi connectivity index (χ1) is 11.8. The summed E-state index contributed by atoms with van der Waals surface area (Å²) in [7, 11) is 0. The number of nitrogens with two attached hydrogens (primary N) is 1. The Morgan fingerprint density at radius 3 is 2.42 bits per heavy atom. The molecule has 3 heteroatoms. The fraction of sp³-hybridized carbons (Fsp3) is 0.190. The molecular formula is C21H21N3. The second-order valence-corrected chi connectivity index (χ2v) is 6.32. The van der Waals surface area contributed by atoms with Crippen LogP contribution < -0.4 is 11.1 Å². The van der Waals surface area contributed by atoms with Gasteiger partial charge in [-0.05, 0) is 46.9 Å². The molecule has 0 amide bonds. The molecule has 3 N–H and O–H groups in total. The molecule has 120 valence electrons. The van der Waals surface area contributed by atoms with Gasteiger partial charge in [-0.2, -0.15) is 0 Å². The zero-order valence-corrected chi connectivity index (χ0v) is 13.6. The van der Waals surface area contributed by atoms with Crippen LogP contribution in [0.5, 0.6) is 0 Å². The third-order valence-electron chi connectivity index (χ3n) is 4.69. The molecule has 0 saturated heterocycles. The van der Waals surface area contributed by atoms with Crippen LogP contribution in [0, 0.1) is 0 Å². The fourth-order valence-corrected chi connectivity index (χ4v) is 3.38. The van der Waals surface area contributed by atoms with Gasteiger partial charge in [0.25, 0.3) is 0 Å². The SMILES string of the molecule is Nc1ccc(-c2ccc(CC3NCCc4ncccc43)cc2)cc1. The van der Waals surface area contributed by atoms with Crippen LogP contribution in [0.3, 0.4) is 0 Å². The van der Waals surface area contributed by atoms with Crippen LogP contribution in [0.2, 0.25) is 0 Å². The summed E-state index contributed by atoms with van der Waals surface area (Å²) in [5.41, 5.74) is 12.9. The van der Waals surface area contributed by atoms with Crippen LogP contribution in [0.15, 0.2) is 66.9 Å². The van der Waals surface area contributed by atoms with Crippen molar-refractivity contribution in [3.05, 3.63) is 83.7 Å². The number of nitrogen functional groups attached to an aromatic ring is 1. The van der Waals surface area contributed by atoms with E-state index in [1.54, 1.807) is 0 Å². The Morgan fingerprint density at radius 1 is 0.958 bits per heavy atom. The zero-order chi connectivity index (χ0) is 16.4. The molecule has 0 aliphatic carbocycles. The Balaban J connectivity index is 1.53. The van der Waals surface area contributed by atoms with Gasteiger partial charge in [-0.1, -0.05) is 42.5 Å². The van der Waals surface area contributed by atoms with E-state index in [2.05, 4.69) is 52.8 Å². The van der Waals surface area contributed by atoms with E-state index < -0.39 is 0 Å². The standard InChI is InChI=1S/C21H21N3/c22-18-9-7-17(8-10-18)16-5-3-15(4-6-16)14-21-19-2-1-12-23-20(19)11-13-24-21/h1-10,12,21,24H,11,13-14,22H2. The number of nitrogens with zero attached hydrogens (tertiary/aromatic N) is 1. The second-order valence-electron chi connectivity index (χ2n) is 6.32. The van der Waals surface area contributed by atoms with Crippen LogP contribution in [-0.4, -0.2) is 11.5 Å². The van der Waals surface area contributed by atoms with Crippen molar-refractivity contribution in [3.63, 3.8) is 0 Å². The smallest absolute Gasteiger partial charge is 0.0464 e. The summed E-state index contributed by atoms with van der Waals surface area (Å²) >= 11 is 0. The molecule has 1 aliphatic heterocycles. The summed E-state index contributed by atoms with van der Waals surface area (Å²) in [6, 6.07) is 21.4. The van der Waals surface area contributed by atoms with Crippen molar-refractivity contribution >= 4 is 5.69 Å². The number of benzene rings is 2. The second kappa shape index (κ2) is 6.46. The Kier molecular flexibility index (Phi) is 4.01. The number of anilines is 1. The first-order valence-electron chi connectivity index (χ1n) is 8.41. The molecule has 0 fully saturated rings. The van der Waals surface area contributed by atoms with Gasteiger partial charge in [0.2, 0.25) is 0 Å². The summed E-state index contributed by atoms with van der Waals surface area (Å²) in [6.45, 7) is 0.998. The number of hydrogen-bond acceptors (Lipinski definition) is 3. The lowest BCUT2D eigenvalue weighted by molar-refractivity contribution is 0.496. The molecule has 1 atom stereocenters. The van der Waals surface area contributed by atoms with Gasteiger partial charge in [-0.15, -0.1) is 0 Å². The third-order valence-corrected chi connectivity index (χ3v) is 4.69. The van der Waals surface area contributed by atoms with Gasteiger partial charge in [-0.3, -0.25) is 4.98 Å². The molecule has 3 nitrogen and oxygen atoms in total. The minimum Gasteiger partial charge on any atom is -0.399 e. The molecule has 0 bridgehead atoms. The monoisotopic (exact) mass is 315 g/mol. The largest absolute Gasteiger partial charge is 0.399 e. The highest BCUT2D eigenvalue weighted by Gasteiger charge is 2.20. The van der Waals surface area contributed by atoms with E-state index in [0.29, 0.717) is 6.04 Å². The van der Waals surface area contributed by atoms with Gasteiger partial charge in [-0.25, -0.2) is 0 Å². The lowest BCUT2D eigenvalue weighted by Crippen LogP contribution is -2.31. The molecule has 1 unspecified atom stereocenters. The Labute approximate surface area is 142 Å². The average Bonchev–Trinajstić information content (AvgIpc) is 2.63. The van der Waals surface area contributed by atoms with Crippen molar-refractivity contribution in [2.24, 2.45) is 0 Å². The molecule has 1 aliphatic rings. The van der Waals surface area contributed by atoms with E-state index in [1.165, 1.54) is 27.9 Å². The Bertz CT molecular complexity index is 822. The van der Waals surface area contributed by atoms with Gasteiger partial charge in [0.1, 0.15) is 0 Å². The van der Waals surface area contributed by atoms with Gasteiger partial charge in [0.05, 0.1) is 0 Å². The molecule has 24 heavy (non-hydrogen) atoms. The Morgan fingerprint density at radius 2 is 1.67 bits per heavy atom.